The lowest BCUT2D eigenvalue weighted by atomic mass is 10.2. The van der Waals surface area contributed by atoms with Gasteiger partial charge in [-0.1, -0.05) is 60.7 Å². The Bertz CT molecular complexity index is 1540. The molecule has 1 aromatic heterocycles. The molecule has 0 unspecified atom stereocenters. The Morgan fingerprint density at radius 2 is 1.53 bits per heavy atom. The summed E-state index contributed by atoms with van der Waals surface area (Å²) in [5.74, 6) is 1.89. The smallest absolute Gasteiger partial charge is 0.246 e. The fourth-order valence-corrected chi connectivity index (χ4v) is 4.15. The molecular formula is C29H24N4O2S. The molecule has 5 rings (SSSR count). The van der Waals surface area contributed by atoms with E-state index in [0.717, 1.165) is 22.6 Å². The maximum Gasteiger partial charge on any atom is 0.246 e. The number of benzene rings is 4. The Morgan fingerprint density at radius 1 is 0.861 bits per heavy atom. The molecule has 0 bridgehead atoms. The van der Waals surface area contributed by atoms with Crippen molar-refractivity contribution in [2.75, 3.05) is 5.32 Å². The van der Waals surface area contributed by atoms with E-state index in [1.807, 2.05) is 109 Å². The molecule has 0 atom stereocenters. The third kappa shape index (κ3) is 5.26. The van der Waals surface area contributed by atoms with Crippen molar-refractivity contribution in [2.24, 2.45) is 0 Å². The summed E-state index contributed by atoms with van der Waals surface area (Å²) in [6.45, 7) is 2.02. The lowest BCUT2D eigenvalue weighted by Gasteiger charge is -2.08. The van der Waals surface area contributed by atoms with Gasteiger partial charge in [0.15, 0.2) is 5.82 Å². The Kier molecular flexibility index (Phi) is 6.73. The Balaban J connectivity index is 1.36. The van der Waals surface area contributed by atoms with Gasteiger partial charge in [0.2, 0.25) is 10.7 Å². The molecule has 0 aliphatic carbocycles. The number of hydrogen-bond donors (Lipinski definition) is 1. The van der Waals surface area contributed by atoms with Crippen LogP contribution in [0.1, 0.15) is 5.56 Å². The second-order valence-electron chi connectivity index (χ2n) is 8.29. The van der Waals surface area contributed by atoms with Gasteiger partial charge in [0.25, 0.3) is 0 Å². The summed E-state index contributed by atoms with van der Waals surface area (Å²) in [4.78, 5) is 12.9. The summed E-state index contributed by atoms with van der Waals surface area (Å²) >= 11 is 5.77. The van der Waals surface area contributed by atoms with E-state index in [1.165, 1.54) is 0 Å². The fraction of sp³-hybridized carbons (Fsp3) is 0.0690. The molecule has 36 heavy (non-hydrogen) atoms. The maximum atomic E-state index is 12.9. The van der Waals surface area contributed by atoms with Crippen LogP contribution in [0.5, 0.6) is 11.5 Å². The normalized spacial score (nSPS) is 10.7. The van der Waals surface area contributed by atoms with Crippen molar-refractivity contribution in [1.82, 2.24) is 14.3 Å². The van der Waals surface area contributed by atoms with Crippen LogP contribution in [-0.4, -0.2) is 20.3 Å². The first kappa shape index (κ1) is 23.3. The number of amides is 1. The number of rotatable bonds is 7. The van der Waals surface area contributed by atoms with Crippen LogP contribution in [0.25, 0.3) is 17.1 Å². The quantitative estimate of drug-likeness (QED) is 0.254. The average Bonchev–Trinajstić information content (AvgIpc) is 3.22. The first-order valence-corrected chi connectivity index (χ1v) is 11.9. The average molecular weight is 493 g/mol. The Hall–Kier alpha value is -4.49. The molecule has 0 radical (unpaired) electrons. The van der Waals surface area contributed by atoms with Gasteiger partial charge in [-0.3, -0.25) is 9.36 Å². The first-order valence-electron chi connectivity index (χ1n) is 11.5. The summed E-state index contributed by atoms with van der Waals surface area (Å²) in [6, 6.07) is 34.6. The monoisotopic (exact) mass is 492 g/mol. The number of ether oxygens (including phenoxy) is 1. The molecule has 7 heteroatoms. The van der Waals surface area contributed by atoms with Crippen molar-refractivity contribution in [3.63, 3.8) is 0 Å². The van der Waals surface area contributed by atoms with Gasteiger partial charge in [-0.05, 0) is 73.2 Å². The number of hydrogen-bond acceptors (Lipinski definition) is 4. The lowest BCUT2D eigenvalue weighted by Crippen LogP contribution is -2.19. The number of para-hydroxylation sites is 1. The second-order valence-corrected chi connectivity index (χ2v) is 8.66. The summed E-state index contributed by atoms with van der Waals surface area (Å²) < 4.78 is 9.72. The zero-order chi connectivity index (χ0) is 24.9. The zero-order valence-electron chi connectivity index (χ0n) is 19.7. The van der Waals surface area contributed by atoms with Crippen molar-refractivity contribution < 1.29 is 9.53 Å². The van der Waals surface area contributed by atoms with Crippen LogP contribution in [0.2, 0.25) is 0 Å². The van der Waals surface area contributed by atoms with Gasteiger partial charge >= 0.3 is 0 Å². The van der Waals surface area contributed by atoms with E-state index in [-0.39, 0.29) is 12.5 Å². The minimum atomic E-state index is -0.226. The maximum absolute atomic E-state index is 12.9. The highest BCUT2D eigenvalue weighted by molar-refractivity contribution is 7.71. The molecule has 4 aromatic carbocycles. The molecule has 178 valence electrons. The first-order chi connectivity index (χ1) is 17.6. The number of aryl methyl sites for hydroxylation is 1. The zero-order valence-corrected chi connectivity index (χ0v) is 20.5. The van der Waals surface area contributed by atoms with Gasteiger partial charge in [-0.15, -0.1) is 0 Å². The molecule has 6 nitrogen and oxygen atoms in total. The highest BCUT2D eigenvalue weighted by Gasteiger charge is 2.16. The van der Waals surface area contributed by atoms with Crippen molar-refractivity contribution in [3.8, 4) is 28.6 Å². The highest BCUT2D eigenvalue weighted by Crippen LogP contribution is 2.24. The minimum absolute atomic E-state index is 0.0141. The molecule has 0 saturated heterocycles. The third-order valence-electron chi connectivity index (χ3n) is 5.54. The van der Waals surface area contributed by atoms with Crippen LogP contribution in [-0.2, 0) is 11.3 Å². The number of anilines is 1. The molecule has 0 aliphatic rings. The van der Waals surface area contributed by atoms with E-state index in [1.54, 1.807) is 16.8 Å². The van der Waals surface area contributed by atoms with Gasteiger partial charge < -0.3 is 10.1 Å². The van der Waals surface area contributed by atoms with Gasteiger partial charge in [0.05, 0.1) is 5.69 Å². The van der Waals surface area contributed by atoms with Crippen LogP contribution in [0, 0.1) is 11.7 Å². The Labute approximate surface area is 214 Å². The standard InChI is InChI=1S/C29H24N4O2S/c1-21-9-8-12-24(19-21)33-28(22-10-4-2-5-11-22)31-32(29(33)36)20-27(34)30-23-15-17-26(18-16-23)35-25-13-6-3-7-14-25/h2-19H,20H2,1H3,(H,30,34). The van der Waals surface area contributed by atoms with E-state index < -0.39 is 0 Å². The van der Waals surface area contributed by atoms with Crippen LogP contribution in [0.3, 0.4) is 0 Å². The van der Waals surface area contributed by atoms with Crippen molar-refractivity contribution in [2.45, 2.75) is 13.5 Å². The SMILES string of the molecule is Cc1cccc(-n2c(-c3ccccc3)nn(CC(=O)Nc3ccc(Oc4ccccc4)cc3)c2=S)c1. The predicted molar refractivity (Wildman–Crippen MR) is 144 cm³/mol. The number of carbonyl (C=O) groups is 1. The van der Waals surface area contributed by atoms with Crippen LogP contribution >= 0.6 is 12.2 Å². The van der Waals surface area contributed by atoms with Gasteiger partial charge in [0.1, 0.15) is 18.0 Å². The van der Waals surface area contributed by atoms with Gasteiger partial charge in [0, 0.05) is 11.3 Å². The van der Waals surface area contributed by atoms with E-state index >= 15 is 0 Å². The summed E-state index contributed by atoms with van der Waals surface area (Å²) in [5.41, 5.74) is 3.59. The van der Waals surface area contributed by atoms with Crippen molar-refractivity contribution in [1.29, 1.82) is 0 Å². The second kappa shape index (κ2) is 10.4. The summed E-state index contributed by atoms with van der Waals surface area (Å²) in [7, 11) is 0. The van der Waals surface area contributed by atoms with Gasteiger partial charge in [-0.25, -0.2) is 4.68 Å². The fourth-order valence-electron chi connectivity index (χ4n) is 3.85. The van der Waals surface area contributed by atoms with Crippen LogP contribution in [0.15, 0.2) is 109 Å². The number of nitrogens with zero attached hydrogens (tertiary/aromatic N) is 3. The molecule has 5 aromatic rings. The molecule has 0 spiro atoms. The van der Waals surface area contributed by atoms with Crippen molar-refractivity contribution >= 4 is 23.8 Å². The van der Waals surface area contributed by atoms with Crippen LogP contribution < -0.4 is 10.1 Å². The Morgan fingerprint density at radius 3 is 2.22 bits per heavy atom. The van der Waals surface area contributed by atoms with Crippen LogP contribution in [0.4, 0.5) is 5.69 Å². The predicted octanol–water partition coefficient (Wildman–Crippen LogP) is 6.81. The molecule has 0 saturated carbocycles. The van der Waals surface area contributed by atoms with Crippen molar-refractivity contribution in [3.05, 3.63) is 120 Å². The molecule has 0 fully saturated rings. The highest BCUT2D eigenvalue weighted by atomic mass is 32.1. The van der Waals surface area contributed by atoms with E-state index in [4.69, 9.17) is 22.1 Å². The molecule has 1 heterocycles. The summed E-state index contributed by atoms with van der Waals surface area (Å²) in [6.07, 6.45) is 0. The van der Waals surface area contributed by atoms with E-state index in [9.17, 15) is 4.79 Å². The third-order valence-corrected chi connectivity index (χ3v) is 5.93. The molecular weight excluding hydrogens is 468 g/mol. The molecule has 0 aliphatic heterocycles. The number of carbonyl (C=O) groups excluding carboxylic acids is 1. The topological polar surface area (TPSA) is 61.1 Å². The minimum Gasteiger partial charge on any atom is -0.457 e. The molecule has 1 amide bonds. The van der Waals surface area contributed by atoms with E-state index in [2.05, 4.69) is 5.32 Å². The lowest BCUT2D eigenvalue weighted by molar-refractivity contribution is -0.116. The van der Waals surface area contributed by atoms with Gasteiger partial charge in [-0.2, -0.15) is 5.10 Å². The van der Waals surface area contributed by atoms with E-state index in [0.29, 0.717) is 22.0 Å². The number of nitrogens with one attached hydrogen (secondary N) is 1. The molecule has 1 N–H and O–H groups in total. The number of aromatic nitrogens is 3. The largest absolute Gasteiger partial charge is 0.457 e. The summed E-state index contributed by atoms with van der Waals surface area (Å²) in [5, 5.41) is 7.64.